The second-order valence-electron chi connectivity index (χ2n) is 8.71. The van der Waals surface area contributed by atoms with Gasteiger partial charge in [-0.05, 0) is 11.8 Å². The first kappa shape index (κ1) is 30.9. The van der Waals surface area contributed by atoms with Gasteiger partial charge in [-0.25, -0.2) is 0 Å². The molecule has 0 saturated carbocycles. The number of fused-ring (bicyclic) bond motifs is 3. The molecule has 2 aliphatic rings. The van der Waals surface area contributed by atoms with E-state index in [9.17, 15) is 0 Å². The Bertz CT molecular complexity index is 1440. The third-order valence-corrected chi connectivity index (χ3v) is 8.37. The fourth-order valence-corrected chi connectivity index (χ4v) is 5.87. The van der Waals surface area contributed by atoms with Crippen LogP contribution in [-0.2, 0) is 30.7 Å². The van der Waals surface area contributed by atoms with E-state index in [4.69, 9.17) is 0 Å². The monoisotopic (exact) mass is 640 g/mol. The summed E-state index contributed by atoms with van der Waals surface area (Å²) in [6.45, 7) is 0. The van der Waals surface area contributed by atoms with Crippen LogP contribution in [0.4, 0.5) is 0 Å². The van der Waals surface area contributed by atoms with E-state index in [1.54, 1.807) is 11.3 Å². The SMILES string of the molecule is Cl.Cl.[C-]1=C(c2ccsc2)C=CC1.[Zr+2]=[C](c1ccccc1)c1ccccc1.[c-]1cccc2c1Cc1ccccc1-2. The molecule has 0 radical (unpaired) electrons. The van der Waals surface area contributed by atoms with Gasteiger partial charge in [0.1, 0.15) is 0 Å². The topological polar surface area (TPSA) is 0 Å². The molecule has 1 aromatic heterocycles. The summed E-state index contributed by atoms with van der Waals surface area (Å²) >= 11 is 3.19. The minimum atomic E-state index is 0. The predicted octanol–water partition coefficient (Wildman–Crippen LogP) is 9.60. The van der Waals surface area contributed by atoms with Gasteiger partial charge in [-0.15, -0.1) is 42.0 Å². The van der Waals surface area contributed by atoms with E-state index in [1.165, 1.54) is 72.0 Å². The molecule has 0 nitrogen and oxygen atoms in total. The van der Waals surface area contributed by atoms with Crippen molar-refractivity contribution in [2.24, 2.45) is 0 Å². The molecule has 0 fully saturated rings. The Kier molecular flexibility index (Phi) is 12.6. The van der Waals surface area contributed by atoms with E-state index in [1.807, 2.05) is 6.07 Å². The number of halogens is 2. The zero-order valence-electron chi connectivity index (χ0n) is 21.3. The Labute approximate surface area is 263 Å². The van der Waals surface area contributed by atoms with Crippen molar-refractivity contribution < 1.29 is 24.2 Å². The van der Waals surface area contributed by atoms with Gasteiger partial charge in [0.2, 0.25) is 0 Å². The largest absolute Gasteiger partial charge is 0.179 e. The number of rotatable bonds is 3. The smallest absolute Gasteiger partial charge is 0.0253 e. The second-order valence-corrected chi connectivity index (χ2v) is 10.7. The van der Waals surface area contributed by atoms with E-state index in [2.05, 4.69) is 138 Å². The van der Waals surface area contributed by atoms with Crippen LogP contribution < -0.4 is 0 Å². The fraction of sp³-hybridized carbons (Fsp3) is 0.0571. The van der Waals surface area contributed by atoms with Gasteiger partial charge in [-0.2, -0.15) is 58.9 Å². The Hall–Kier alpha value is -2.61. The van der Waals surface area contributed by atoms with Crippen molar-refractivity contribution in [1.82, 2.24) is 0 Å². The molecular formula is C35H28Cl2SZr. The molecule has 0 bridgehead atoms. The van der Waals surface area contributed by atoms with Crippen molar-refractivity contribution in [3.05, 3.63) is 172 Å². The summed E-state index contributed by atoms with van der Waals surface area (Å²) in [5.74, 6) is 0. The Balaban J connectivity index is 0.000000160. The Morgan fingerprint density at radius 1 is 0.718 bits per heavy atom. The molecule has 4 heteroatoms. The molecule has 5 aromatic rings. The van der Waals surface area contributed by atoms with Crippen LogP contribution in [-0.4, -0.2) is 3.21 Å². The number of hydrogen-bond donors (Lipinski definition) is 0. The van der Waals surface area contributed by atoms with Crippen LogP contribution in [0.1, 0.15) is 34.2 Å². The van der Waals surface area contributed by atoms with E-state index >= 15 is 0 Å². The van der Waals surface area contributed by atoms with Crippen molar-refractivity contribution in [1.29, 1.82) is 0 Å². The van der Waals surface area contributed by atoms with Gasteiger partial charge in [0.15, 0.2) is 0 Å². The minimum absolute atomic E-state index is 0. The summed E-state index contributed by atoms with van der Waals surface area (Å²) in [4.78, 5) is 0. The van der Waals surface area contributed by atoms with Crippen LogP contribution in [0.5, 0.6) is 0 Å². The first-order valence-electron chi connectivity index (χ1n) is 12.4. The number of thiophene rings is 1. The van der Waals surface area contributed by atoms with Gasteiger partial charge in [0.05, 0.1) is 0 Å². The second kappa shape index (κ2) is 15.9. The molecule has 0 saturated heterocycles. The van der Waals surface area contributed by atoms with Gasteiger partial charge >= 0.3 is 99.2 Å². The Morgan fingerprint density at radius 3 is 1.97 bits per heavy atom. The molecule has 7 rings (SSSR count). The summed E-state index contributed by atoms with van der Waals surface area (Å²) in [6.07, 6.45) is 9.56. The molecular weight excluding hydrogens is 615 g/mol. The zero-order chi connectivity index (χ0) is 25.3. The maximum Gasteiger partial charge on any atom is -0.0253 e. The summed E-state index contributed by atoms with van der Waals surface area (Å²) in [7, 11) is 0. The van der Waals surface area contributed by atoms with Crippen LogP contribution in [0.2, 0.25) is 0 Å². The van der Waals surface area contributed by atoms with Crippen LogP contribution in [0, 0.1) is 12.1 Å². The van der Waals surface area contributed by atoms with Gasteiger partial charge in [0, 0.05) is 0 Å². The maximum absolute atomic E-state index is 3.30. The van der Waals surface area contributed by atoms with E-state index in [0.717, 1.165) is 12.8 Å². The van der Waals surface area contributed by atoms with Gasteiger partial charge in [0.25, 0.3) is 0 Å². The predicted molar refractivity (Wildman–Crippen MR) is 169 cm³/mol. The normalized spacial score (nSPS) is 11.7. The number of allylic oxidation sites excluding steroid dienone is 4. The third kappa shape index (κ3) is 8.20. The summed E-state index contributed by atoms with van der Waals surface area (Å²) in [5, 5.41) is 4.24. The molecule has 1 heterocycles. The molecule has 0 unspecified atom stereocenters. The minimum Gasteiger partial charge on any atom is -0.179 e. The quantitative estimate of drug-likeness (QED) is 0.169. The standard InChI is InChI=1S/C13H9.C13H10.C9H7S.2ClH.Zr/c1-3-7-12-10(5-1)9-11-6-2-4-8-13(11)12;1-3-7-12(8-4-1)11-13-9-5-2-6-10-13;1-2-4-8(3-1)9-5-6-10-7-9;;;/h1-5,7-8H,9H2;1-10H;1,3,5-7H,2H2;2*1H;/q-1;;-1;;;+2. The van der Waals surface area contributed by atoms with E-state index < -0.39 is 0 Å². The van der Waals surface area contributed by atoms with Gasteiger partial charge in [-0.3, -0.25) is 0 Å². The fourth-order valence-electron chi connectivity index (χ4n) is 4.39. The molecule has 0 spiro atoms. The molecule has 4 aromatic carbocycles. The van der Waals surface area contributed by atoms with E-state index in [0.29, 0.717) is 0 Å². The summed E-state index contributed by atoms with van der Waals surface area (Å²) in [5.41, 5.74) is 10.7. The van der Waals surface area contributed by atoms with Crippen molar-refractivity contribution >= 4 is 44.9 Å². The van der Waals surface area contributed by atoms with Crippen molar-refractivity contribution in [3.63, 3.8) is 0 Å². The molecule has 0 atom stereocenters. The molecule has 0 amide bonds. The van der Waals surface area contributed by atoms with Crippen LogP contribution in [0.25, 0.3) is 16.7 Å². The van der Waals surface area contributed by atoms with E-state index in [-0.39, 0.29) is 24.8 Å². The average Bonchev–Trinajstić information content (AvgIpc) is 3.75. The number of hydrogen-bond acceptors (Lipinski definition) is 1. The number of benzene rings is 4. The molecule has 0 N–H and O–H groups in total. The molecule has 39 heavy (non-hydrogen) atoms. The summed E-state index contributed by atoms with van der Waals surface area (Å²) < 4.78 is 1.42. The van der Waals surface area contributed by atoms with Gasteiger partial charge in [-0.1, -0.05) is 53.3 Å². The van der Waals surface area contributed by atoms with Crippen molar-refractivity contribution in [2.75, 3.05) is 0 Å². The zero-order valence-corrected chi connectivity index (χ0v) is 26.2. The van der Waals surface area contributed by atoms with Gasteiger partial charge < -0.3 is 0 Å². The van der Waals surface area contributed by atoms with Crippen LogP contribution in [0.3, 0.4) is 0 Å². The molecule has 0 aliphatic heterocycles. The van der Waals surface area contributed by atoms with Crippen molar-refractivity contribution in [2.45, 2.75) is 12.8 Å². The van der Waals surface area contributed by atoms with Crippen LogP contribution >= 0.6 is 36.2 Å². The third-order valence-electron chi connectivity index (χ3n) is 6.27. The molecule has 192 valence electrons. The van der Waals surface area contributed by atoms with Crippen molar-refractivity contribution in [3.8, 4) is 11.1 Å². The molecule has 2 aliphatic carbocycles. The first-order chi connectivity index (χ1) is 18.3. The summed E-state index contributed by atoms with van der Waals surface area (Å²) in [6, 6.07) is 41.3. The maximum atomic E-state index is 3.30. The average molecular weight is 643 g/mol. The first-order valence-corrected chi connectivity index (χ1v) is 14.5. The Morgan fingerprint density at radius 2 is 1.36 bits per heavy atom. The van der Waals surface area contributed by atoms with Crippen LogP contribution in [0.15, 0.2) is 132 Å².